The summed E-state index contributed by atoms with van der Waals surface area (Å²) < 4.78 is 16.5. The lowest BCUT2D eigenvalue weighted by Crippen LogP contribution is -2.48. The fourth-order valence-electron chi connectivity index (χ4n) is 3.52. The maximum Gasteiger partial charge on any atom is 0.302 e. The monoisotopic (exact) mass is 270 g/mol. The topological polar surface area (TPSA) is 61.8 Å². The molecule has 2 saturated heterocycles. The second-order valence-corrected chi connectivity index (χ2v) is 6.10. The Bertz CT molecular complexity index is 393. The third-order valence-electron chi connectivity index (χ3n) is 4.62. The maximum absolute atomic E-state index is 11.1. The molecule has 0 saturated carbocycles. The van der Waals surface area contributed by atoms with Crippen LogP contribution < -0.4 is 0 Å². The Labute approximate surface area is 113 Å². The molecule has 2 bridgehead atoms. The van der Waals surface area contributed by atoms with Crippen LogP contribution >= 0.6 is 0 Å². The van der Waals surface area contributed by atoms with Gasteiger partial charge in [-0.3, -0.25) is 9.59 Å². The van der Waals surface area contributed by atoms with E-state index in [0.29, 0.717) is 13.2 Å². The van der Waals surface area contributed by atoms with Crippen molar-refractivity contribution in [1.82, 2.24) is 0 Å². The molecule has 0 unspecified atom stereocenters. The highest BCUT2D eigenvalue weighted by Crippen LogP contribution is 2.57. The first-order chi connectivity index (χ1) is 8.78. The highest BCUT2D eigenvalue weighted by Gasteiger charge is 2.63. The Hall–Kier alpha value is -1.10. The second kappa shape index (κ2) is 4.78. The lowest BCUT2D eigenvalue weighted by Gasteiger charge is -2.40. The molecule has 0 aromatic rings. The summed E-state index contributed by atoms with van der Waals surface area (Å²) in [5.74, 6) is -0.524. The van der Waals surface area contributed by atoms with Crippen molar-refractivity contribution in [3.63, 3.8) is 0 Å². The lowest BCUT2D eigenvalue weighted by molar-refractivity contribution is -0.151. The van der Waals surface area contributed by atoms with Gasteiger partial charge in [0.25, 0.3) is 0 Å². The van der Waals surface area contributed by atoms with Crippen LogP contribution in [0.5, 0.6) is 0 Å². The summed E-state index contributed by atoms with van der Waals surface area (Å²) in [5.41, 5.74) is -0.566. The van der Waals surface area contributed by atoms with Gasteiger partial charge in [0.15, 0.2) is 0 Å². The molecular formula is C14H22O5. The Kier molecular flexibility index (Phi) is 3.60. The van der Waals surface area contributed by atoms with E-state index in [-0.39, 0.29) is 35.0 Å². The summed E-state index contributed by atoms with van der Waals surface area (Å²) in [5, 5.41) is 0. The van der Waals surface area contributed by atoms with Gasteiger partial charge in [-0.25, -0.2) is 0 Å². The third kappa shape index (κ3) is 2.48. The molecule has 2 rings (SSSR count). The molecule has 4 atom stereocenters. The molecule has 19 heavy (non-hydrogen) atoms. The van der Waals surface area contributed by atoms with Gasteiger partial charge in [-0.15, -0.1) is 0 Å². The molecule has 2 heterocycles. The fourth-order valence-corrected chi connectivity index (χ4v) is 3.52. The van der Waals surface area contributed by atoms with Crippen LogP contribution in [0, 0.1) is 11.3 Å². The van der Waals surface area contributed by atoms with E-state index in [1.807, 2.05) is 0 Å². The number of hydrogen-bond donors (Lipinski definition) is 0. The number of carbonyl (C=O) groups excluding carboxylic acids is 2. The number of carbonyl (C=O) groups is 2. The lowest BCUT2D eigenvalue weighted by atomic mass is 9.63. The summed E-state index contributed by atoms with van der Waals surface area (Å²) in [6.07, 6.45) is 1.99. The van der Waals surface area contributed by atoms with Crippen molar-refractivity contribution in [3.8, 4) is 0 Å². The van der Waals surface area contributed by atoms with E-state index in [1.54, 1.807) is 0 Å². The molecule has 5 nitrogen and oxygen atoms in total. The molecule has 0 aromatic carbocycles. The summed E-state index contributed by atoms with van der Waals surface area (Å²) >= 11 is 0. The first kappa shape index (κ1) is 14.3. The van der Waals surface area contributed by atoms with Crippen LogP contribution in [-0.2, 0) is 23.8 Å². The van der Waals surface area contributed by atoms with Gasteiger partial charge in [0.2, 0.25) is 0 Å². The number of ether oxygens (including phenoxy) is 3. The standard InChI is InChI=1S/C14H22O5/c1-9(15)17-7-11-13(3,8-18-10(2)16)12-5-6-14(11,4)19-12/h11-12H,5-8H2,1-4H3/t11-,12+,13+,14-/m1/s1. The van der Waals surface area contributed by atoms with Gasteiger partial charge in [0.1, 0.15) is 0 Å². The molecular weight excluding hydrogens is 248 g/mol. The molecule has 0 spiro atoms. The van der Waals surface area contributed by atoms with Crippen molar-refractivity contribution in [1.29, 1.82) is 0 Å². The van der Waals surface area contributed by atoms with Gasteiger partial charge in [-0.1, -0.05) is 6.92 Å². The molecule has 2 aliphatic heterocycles. The minimum Gasteiger partial charge on any atom is -0.465 e. The van der Waals surface area contributed by atoms with E-state index < -0.39 is 0 Å². The van der Waals surface area contributed by atoms with E-state index in [9.17, 15) is 9.59 Å². The average Bonchev–Trinajstić information content (AvgIpc) is 2.77. The van der Waals surface area contributed by atoms with E-state index >= 15 is 0 Å². The van der Waals surface area contributed by atoms with Crippen LogP contribution in [0.4, 0.5) is 0 Å². The van der Waals surface area contributed by atoms with Crippen LogP contribution in [0.2, 0.25) is 0 Å². The Morgan fingerprint density at radius 2 is 1.84 bits per heavy atom. The fraction of sp³-hybridized carbons (Fsp3) is 0.857. The summed E-state index contributed by atoms with van der Waals surface area (Å²) in [7, 11) is 0. The van der Waals surface area contributed by atoms with Crippen molar-refractivity contribution >= 4 is 11.9 Å². The maximum atomic E-state index is 11.1. The first-order valence-corrected chi connectivity index (χ1v) is 6.72. The molecule has 0 amide bonds. The molecule has 0 aromatic heterocycles. The summed E-state index contributed by atoms with van der Waals surface area (Å²) in [4.78, 5) is 22.1. The Morgan fingerprint density at radius 1 is 1.21 bits per heavy atom. The largest absolute Gasteiger partial charge is 0.465 e. The number of hydrogen-bond acceptors (Lipinski definition) is 5. The molecule has 0 aliphatic carbocycles. The second-order valence-electron chi connectivity index (χ2n) is 6.10. The number of rotatable bonds is 4. The summed E-state index contributed by atoms with van der Waals surface area (Å²) in [6.45, 7) is 7.55. The first-order valence-electron chi connectivity index (χ1n) is 6.72. The molecule has 0 radical (unpaired) electrons. The minimum atomic E-state index is -0.291. The molecule has 2 fully saturated rings. The highest BCUT2D eigenvalue weighted by molar-refractivity contribution is 5.66. The van der Waals surface area contributed by atoms with Crippen molar-refractivity contribution in [2.45, 2.75) is 52.2 Å². The van der Waals surface area contributed by atoms with Gasteiger partial charge in [0, 0.05) is 25.2 Å². The third-order valence-corrected chi connectivity index (χ3v) is 4.62. The number of fused-ring (bicyclic) bond motifs is 2. The van der Waals surface area contributed by atoms with E-state index in [4.69, 9.17) is 14.2 Å². The van der Waals surface area contributed by atoms with E-state index in [0.717, 1.165) is 12.8 Å². The Balaban J connectivity index is 2.14. The van der Waals surface area contributed by atoms with Gasteiger partial charge >= 0.3 is 11.9 Å². The van der Waals surface area contributed by atoms with Gasteiger partial charge in [-0.05, 0) is 19.8 Å². The van der Waals surface area contributed by atoms with Crippen LogP contribution in [0.1, 0.15) is 40.5 Å². The zero-order valence-corrected chi connectivity index (χ0v) is 12.0. The molecule has 5 heteroatoms. The van der Waals surface area contributed by atoms with Crippen molar-refractivity contribution in [2.24, 2.45) is 11.3 Å². The van der Waals surface area contributed by atoms with Crippen LogP contribution in [0.25, 0.3) is 0 Å². The average molecular weight is 270 g/mol. The molecule has 2 aliphatic rings. The predicted octanol–water partition coefficient (Wildman–Crippen LogP) is 1.69. The minimum absolute atomic E-state index is 0.0574. The summed E-state index contributed by atoms with van der Waals surface area (Å²) in [6, 6.07) is 0. The van der Waals surface area contributed by atoms with Crippen molar-refractivity contribution in [2.75, 3.05) is 13.2 Å². The Morgan fingerprint density at radius 3 is 2.42 bits per heavy atom. The van der Waals surface area contributed by atoms with E-state index in [1.165, 1.54) is 13.8 Å². The van der Waals surface area contributed by atoms with E-state index in [2.05, 4.69) is 13.8 Å². The number of esters is 2. The molecule has 108 valence electrons. The van der Waals surface area contributed by atoms with Crippen LogP contribution in [-0.4, -0.2) is 36.9 Å². The van der Waals surface area contributed by atoms with Gasteiger partial charge in [-0.2, -0.15) is 0 Å². The van der Waals surface area contributed by atoms with Crippen molar-refractivity contribution in [3.05, 3.63) is 0 Å². The highest BCUT2D eigenvalue weighted by atomic mass is 16.6. The van der Waals surface area contributed by atoms with Crippen molar-refractivity contribution < 1.29 is 23.8 Å². The predicted molar refractivity (Wildman–Crippen MR) is 67.4 cm³/mol. The normalized spacial score (nSPS) is 40.2. The quantitative estimate of drug-likeness (QED) is 0.727. The van der Waals surface area contributed by atoms with Gasteiger partial charge < -0.3 is 14.2 Å². The molecule has 0 N–H and O–H groups in total. The smallest absolute Gasteiger partial charge is 0.302 e. The van der Waals surface area contributed by atoms with Crippen LogP contribution in [0.15, 0.2) is 0 Å². The van der Waals surface area contributed by atoms with Crippen LogP contribution in [0.3, 0.4) is 0 Å². The zero-order chi connectivity index (χ0) is 14.3. The SMILES string of the molecule is CC(=O)OC[C@@H]1[C@](C)(COC(C)=O)[C@@H]2CC[C@@]1(C)O2. The zero-order valence-electron chi connectivity index (χ0n) is 12.0. The van der Waals surface area contributed by atoms with Gasteiger partial charge in [0.05, 0.1) is 24.9 Å².